The number of halogens is 3. The van der Waals surface area contributed by atoms with Crippen molar-refractivity contribution in [1.29, 1.82) is 0 Å². The number of aryl methyl sites for hydroxylation is 1. The third-order valence-corrected chi connectivity index (χ3v) is 7.33. The summed E-state index contributed by atoms with van der Waals surface area (Å²) in [5.41, 5.74) is -3.63. The predicted octanol–water partition coefficient (Wildman–Crippen LogP) is 3.65. The highest BCUT2D eigenvalue weighted by molar-refractivity contribution is 8.00. The number of hydrogen-bond acceptors (Lipinski definition) is 6. The first-order valence-corrected chi connectivity index (χ1v) is 11.4. The highest BCUT2D eigenvalue weighted by atomic mass is 32.2. The largest absolute Gasteiger partial charge is 0.446 e. The van der Waals surface area contributed by atoms with Gasteiger partial charge in [-0.3, -0.25) is 0 Å². The minimum absolute atomic E-state index is 0.0743. The number of fused-ring (bicyclic) bond motifs is 1. The summed E-state index contributed by atoms with van der Waals surface area (Å²) in [4.78, 5) is 13.0. The predicted molar refractivity (Wildman–Crippen MR) is 102 cm³/mol. The molecule has 0 N–H and O–H groups in total. The molecule has 4 rings (SSSR count). The Morgan fingerprint density at radius 2 is 1.90 bits per heavy atom. The van der Waals surface area contributed by atoms with Crippen LogP contribution in [-0.4, -0.2) is 43.8 Å². The zero-order valence-electron chi connectivity index (χ0n) is 15.9. The average Bonchev–Trinajstić information content (AvgIpc) is 3.33. The van der Waals surface area contributed by atoms with Crippen molar-refractivity contribution in [1.82, 2.24) is 24.1 Å². The van der Waals surface area contributed by atoms with E-state index in [2.05, 4.69) is 15.0 Å². The number of rotatable bonds is 5. The van der Waals surface area contributed by atoms with E-state index in [4.69, 9.17) is 0 Å². The van der Waals surface area contributed by atoms with Crippen LogP contribution < -0.4 is 0 Å². The van der Waals surface area contributed by atoms with Gasteiger partial charge in [0.1, 0.15) is 17.0 Å². The maximum Gasteiger partial charge on any atom is 0.446 e. The molecule has 0 aliphatic heterocycles. The van der Waals surface area contributed by atoms with E-state index in [0.29, 0.717) is 11.5 Å². The van der Waals surface area contributed by atoms with Gasteiger partial charge < -0.3 is 9.13 Å². The quantitative estimate of drug-likeness (QED) is 0.558. The molecule has 1 aliphatic rings. The molecule has 1 aliphatic carbocycles. The van der Waals surface area contributed by atoms with Crippen molar-refractivity contribution in [2.45, 2.75) is 41.1 Å². The van der Waals surface area contributed by atoms with Gasteiger partial charge in [-0.25, -0.2) is 23.4 Å². The van der Waals surface area contributed by atoms with Crippen LogP contribution in [0, 0.1) is 0 Å². The fraction of sp³-hybridized carbons (Fsp3) is 0.471. The van der Waals surface area contributed by atoms with E-state index < -0.39 is 15.3 Å². The van der Waals surface area contributed by atoms with Crippen LogP contribution in [0.25, 0.3) is 22.7 Å². The van der Waals surface area contributed by atoms with Gasteiger partial charge in [0.25, 0.3) is 0 Å². The lowest BCUT2D eigenvalue weighted by molar-refractivity contribution is -0.0328. The molecule has 29 heavy (non-hydrogen) atoms. The van der Waals surface area contributed by atoms with Crippen LogP contribution >= 0.6 is 11.8 Å². The molecule has 0 aromatic carbocycles. The zero-order valence-corrected chi connectivity index (χ0v) is 17.5. The molecule has 12 heteroatoms. The molecule has 1 fully saturated rings. The maximum absolute atomic E-state index is 12.8. The number of pyridine rings is 1. The molecular formula is C17H18F3N5O2S2. The van der Waals surface area contributed by atoms with Crippen LogP contribution in [0.3, 0.4) is 0 Å². The Bertz CT molecular complexity index is 1210. The van der Waals surface area contributed by atoms with E-state index in [1.54, 1.807) is 30.2 Å². The van der Waals surface area contributed by atoms with Crippen LogP contribution in [0.4, 0.5) is 13.2 Å². The fourth-order valence-corrected chi connectivity index (χ4v) is 5.06. The molecule has 3 aromatic rings. The molecular weight excluding hydrogens is 427 g/mol. The van der Waals surface area contributed by atoms with Gasteiger partial charge in [-0.2, -0.15) is 13.2 Å². The molecule has 0 unspecified atom stereocenters. The zero-order chi connectivity index (χ0) is 21.1. The number of thioether (sulfide) groups is 1. The Hall–Kier alpha value is -2.08. The second-order valence-corrected chi connectivity index (χ2v) is 10.2. The monoisotopic (exact) mass is 445 g/mol. The van der Waals surface area contributed by atoms with Crippen molar-refractivity contribution in [2.24, 2.45) is 14.1 Å². The summed E-state index contributed by atoms with van der Waals surface area (Å²) in [5, 5.41) is 0.0743. The summed E-state index contributed by atoms with van der Waals surface area (Å²) in [6.45, 7) is 1.56. The number of nitrogens with zero attached hydrogens (tertiary/aromatic N) is 5. The van der Waals surface area contributed by atoms with Crippen molar-refractivity contribution in [2.75, 3.05) is 5.75 Å². The van der Waals surface area contributed by atoms with E-state index in [9.17, 15) is 21.6 Å². The third kappa shape index (κ3) is 3.63. The van der Waals surface area contributed by atoms with Gasteiger partial charge in [0.15, 0.2) is 26.3 Å². The van der Waals surface area contributed by atoms with Crippen LogP contribution in [0.5, 0.6) is 0 Å². The smallest absolute Gasteiger partial charge is 0.321 e. The Labute approximate surface area is 169 Å². The minimum Gasteiger partial charge on any atom is -0.321 e. The van der Waals surface area contributed by atoms with Crippen molar-refractivity contribution >= 4 is 32.8 Å². The highest BCUT2D eigenvalue weighted by Crippen LogP contribution is 2.42. The number of sulfone groups is 1. The van der Waals surface area contributed by atoms with E-state index in [0.717, 1.165) is 19.0 Å². The van der Waals surface area contributed by atoms with Crippen LogP contribution in [0.15, 0.2) is 22.2 Å². The fourth-order valence-electron chi connectivity index (χ4n) is 3.30. The summed E-state index contributed by atoms with van der Waals surface area (Å²) < 4.78 is 66.7. The molecule has 1 saturated carbocycles. The lowest BCUT2D eigenvalue weighted by Gasteiger charge is -2.07. The maximum atomic E-state index is 12.8. The Balaban J connectivity index is 1.90. The first kappa shape index (κ1) is 20.2. The van der Waals surface area contributed by atoms with E-state index in [1.807, 2.05) is 0 Å². The van der Waals surface area contributed by atoms with E-state index in [1.165, 1.54) is 6.07 Å². The lowest BCUT2D eigenvalue weighted by Crippen LogP contribution is -2.12. The van der Waals surface area contributed by atoms with Gasteiger partial charge in [0.2, 0.25) is 0 Å². The normalized spacial score (nSPS) is 15.4. The first-order chi connectivity index (χ1) is 13.5. The second-order valence-electron chi connectivity index (χ2n) is 6.92. The van der Waals surface area contributed by atoms with Crippen LogP contribution in [0.2, 0.25) is 0 Å². The standard InChI is InChI=1S/C17H18F3N5O2S2/c1-4-29(26,27)16-12(23-13(25(16)3)9-5-6-9)15-22-11-7-10(28-17(18,19)20)8-21-14(11)24(15)2/h7-9H,4-6H2,1-3H3. The topological polar surface area (TPSA) is 82.7 Å². The Morgan fingerprint density at radius 3 is 2.48 bits per heavy atom. The molecule has 156 valence electrons. The molecule has 0 radical (unpaired) electrons. The summed E-state index contributed by atoms with van der Waals surface area (Å²) in [6.07, 6.45) is 3.01. The summed E-state index contributed by atoms with van der Waals surface area (Å²) >= 11 is -0.271. The van der Waals surface area contributed by atoms with Crippen molar-refractivity contribution in [3.05, 3.63) is 18.1 Å². The number of imidazole rings is 2. The van der Waals surface area contributed by atoms with Crippen LogP contribution in [0.1, 0.15) is 31.5 Å². The lowest BCUT2D eigenvalue weighted by atomic mass is 10.4. The van der Waals surface area contributed by atoms with E-state index >= 15 is 0 Å². The van der Waals surface area contributed by atoms with Gasteiger partial charge >= 0.3 is 5.51 Å². The second kappa shape index (κ2) is 6.73. The summed E-state index contributed by atoms with van der Waals surface area (Å²) in [7, 11) is -0.292. The molecule has 0 spiro atoms. The number of aromatic nitrogens is 5. The summed E-state index contributed by atoms with van der Waals surface area (Å²) in [6, 6.07) is 1.29. The first-order valence-electron chi connectivity index (χ1n) is 8.89. The minimum atomic E-state index is -4.44. The van der Waals surface area contributed by atoms with Gasteiger partial charge in [0.05, 0.1) is 5.75 Å². The molecule has 0 bridgehead atoms. The Morgan fingerprint density at radius 1 is 1.21 bits per heavy atom. The molecule has 3 heterocycles. The highest BCUT2D eigenvalue weighted by Gasteiger charge is 2.35. The molecule has 3 aromatic heterocycles. The number of hydrogen-bond donors (Lipinski definition) is 0. The Kier molecular flexibility index (Phi) is 4.69. The molecule has 7 nitrogen and oxygen atoms in total. The average molecular weight is 445 g/mol. The SMILES string of the molecule is CCS(=O)(=O)c1c(-c2nc3cc(SC(F)(F)F)cnc3n2C)nc(C2CC2)n1C. The van der Waals surface area contributed by atoms with E-state index in [-0.39, 0.29) is 50.4 Å². The molecule has 0 amide bonds. The van der Waals surface area contributed by atoms with Gasteiger partial charge in [-0.15, -0.1) is 0 Å². The third-order valence-electron chi connectivity index (χ3n) is 4.82. The van der Waals surface area contributed by atoms with Crippen molar-refractivity contribution < 1.29 is 21.6 Å². The van der Waals surface area contributed by atoms with Crippen LogP contribution in [-0.2, 0) is 23.9 Å². The van der Waals surface area contributed by atoms with Gasteiger partial charge in [-0.1, -0.05) is 6.92 Å². The van der Waals surface area contributed by atoms with Gasteiger partial charge in [-0.05, 0) is 30.7 Å². The summed E-state index contributed by atoms with van der Waals surface area (Å²) in [5.74, 6) is 1.05. The van der Waals surface area contributed by atoms with Gasteiger partial charge in [0, 0.05) is 31.1 Å². The van der Waals surface area contributed by atoms with Crippen molar-refractivity contribution in [3.8, 4) is 11.5 Å². The number of alkyl halides is 3. The van der Waals surface area contributed by atoms with Crippen molar-refractivity contribution in [3.63, 3.8) is 0 Å². The molecule has 0 atom stereocenters. The molecule has 0 saturated heterocycles.